The van der Waals surface area contributed by atoms with Gasteiger partial charge in [-0.1, -0.05) is 57.2 Å². The quantitative estimate of drug-likeness (QED) is 0.732. The first-order valence-corrected chi connectivity index (χ1v) is 8.00. The van der Waals surface area contributed by atoms with Gasteiger partial charge in [-0.2, -0.15) is 0 Å². The molecule has 1 N–H and O–H groups in total. The molecule has 114 valence electrons. The van der Waals surface area contributed by atoms with E-state index in [2.05, 4.69) is 54.2 Å². The minimum atomic E-state index is -0.146. The molecule has 0 unspecified atom stereocenters. The highest BCUT2D eigenvalue weighted by Gasteiger charge is 2.12. The first-order valence-electron chi connectivity index (χ1n) is 7.20. The van der Waals surface area contributed by atoms with E-state index in [9.17, 15) is 4.79 Å². The van der Waals surface area contributed by atoms with E-state index in [1.165, 1.54) is 5.56 Å². The van der Waals surface area contributed by atoms with Gasteiger partial charge in [-0.15, -0.1) is 0 Å². The molecule has 0 saturated heterocycles. The number of rotatable bonds is 3. The predicted octanol–water partition coefficient (Wildman–Crippen LogP) is 5.40. The minimum absolute atomic E-state index is 0.138. The Bertz CT molecular complexity index is 681. The molecule has 1 amide bonds. The monoisotopic (exact) mass is 357 g/mol. The van der Waals surface area contributed by atoms with Gasteiger partial charge in [-0.05, 0) is 50.7 Å². The van der Waals surface area contributed by atoms with E-state index in [0.29, 0.717) is 0 Å². The third-order valence-corrected chi connectivity index (χ3v) is 4.03. The number of benzene rings is 2. The summed E-state index contributed by atoms with van der Waals surface area (Å²) in [5.74, 6) is -0.146. The van der Waals surface area contributed by atoms with E-state index in [-0.39, 0.29) is 11.3 Å². The third-order valence-electron chi connectivity index (χ3n) is 3.34. The lowest BCUT2D eigenvalue weighted by Gasteiger charge is -2.18. The van der Waals surface area contributed by atoms with Crippen LogP contribution in [-0.4, -0.2) is 5.91 Å². The zero-order valence-electron chi connectivity index (χ0n) is 13.1. The van der Waals surface area contributed by atoms with Gasteiger partial charge in [-0.3, -0.25) is 4.79 Å². The first kappa shape index (κ1) is 16.5. The first-order chi connectivity index (χ1) is 10.4. The Morgan fingerprint density at radius 1 is 1.05 bits per heavy atom. The zero-order valence-corrected chi connectivity index (χ0v) is 14.6. The standard InChI is InChI=1S/C19H20BrNO/c1-19(2,3)15-11-8-14(9-12-15)10-13-18(22)21-17-7-5-4-6-16(17)20/h4-13H,1-3H3,(H,21,22)/b13-10+. The van der Waals surface area contributed by atoms with Crippen molar-refractivity contribution in [3.05, 3.63) is 70.2 Å². The molecule has 2 aromatic carbocycles. The second-order valence-electron chi connectivity index (χ2n) is 6.17. The van der Waals surface area contributed by atoms with E-state index in [1.807, 2.05) is 42.5 Å². The number of carbonyl (C=O) groups excluding carboxylic acids is 1. The summed E-state index contributed by atoms with van der Waals surface area (Å²) in [4.78, 5) is 11.9. The summed E-state index contributed by atoms with van der Waals surface area (Å²) in [5.41, 5.74) is 3.19. The van der Waals surface area contributed by atoms with Gasteiger partial charge in [0.2, 0.25) is 5.91 Å². The molecule has 0 saturated carbocycles. The molecular formula is C19H20BrNO. The van der Waals surface area contributed by atoms with Crippen molar-refractivity contribution in [1.29, 1.82) is 0 Å². The molecule has 3 heteroatoms. The number of hydrogen-bond donors (Lipinski definition) is 1. The van der Waals surface area contributed by atoms with Crippen molar-refractivity contribution >= 4 is 33.6 Å². The Labute approximate surface area is 140 Å². The Balaban J connectivity index is 2.02. The van der Waals surface area contributed by atoms with Crippen molar-refractivity contribution in [3.8, 4) is 0 Å². The van der Waals surface area contributed by atoms with Crippen molar-refractivity contribution in [2.45, 2.75) is 26.2 Å². The van der Waals surface area contributed by atoms with Crippen molar-refractivity contribution in [3.63, 3.8) is 0 Å². The van der Waals surface area contributed by atoms with Crippen LogP contribution >= 0.6 is 15.9 Å². The molecule has 0 spiro atoms. The van der Waals surface area contributed by atoms with Gasteiger partial charge in [0, 0.05) is 10.5 Å². The topological polar surface area (TPSA) is 29.1 Å². The third kappa shape index (κ3) is 4.57. The fraction of sp³-hybridized carbons (Fsp3) is 0.211. The van der Waals surface area contributed by atoms with E-state index in [0.717, 1.165) is 15.7 Å². The minimum Gasteiger partial charge on any atom is -0.321 e. The Morgan fingerprint density at radius 2 is 1.68 bits per heavy atom. The number of para-hydroxylation sites is 1. The van der Waals surface area contributed by atoms with Gasteiger partial charge in [-0.25, -0.2) is 0 Å². The number of amides is 1. The zero-order chi connectivity index (χ0) is 16.2. The highest BCUT2D eigenvalue weighted by atomic mass is 79.9. The van der Waals surface area contributed by atoms with Gasteiger partial charge >= 0.3 is 0 Å². The molecule has 0 aliphatic carbocycles. The average Bonchev–Trinajstić information content (AvgIpc) is 2.47. The molecule has 0 bridgehead atoms. The molecule has 0 aliphatic heterocycles. The van der Waals surface area contributed by atoms with Crippen LogP contribution in [0.1, 0.15) is 31.9 Å². The van der Waals surface area contributed by atoms with E-state index >= 15 is 0 Å². The highest BCUT2D eigenvalue weighted by molar-refractivity contribution is 9.10. The van der Waals surface area contributed by atoms with Crippen LogP contribution < -0.4 is 5.32 Å². The highest BCUT2D eigenvalue weighted by Crippen LogP contribution is 2.23. The van der Waals surface area contributed by atoms with Crippen LogP contribution in [0.15, 0.2) is 59.1 Å². The van der Waals surface area contributed by atoms with Crippen LogP contribution in [0, 0.1) is 0 Å². The van der Waals surface area contributed by atoms with Crippen LogP contribution in [0.25, 0.3) is 6.08 Å². The molecule has 0 fully saturated rings. The maximum atomic E-state index is 11.9. The van der Waals surface area contributed by atoms with Crippen molar-refractivity contribution in [1.82, 2.24) is 0 Å². The van der Waals surface area contributed by atoms with Crippen molar-refractivity contribution in [2.75, 3.05) is 5.32 Å². The van der Waals surface area contributed by atoms with E-state index < -0.39 is 0 Å². The molecule has 0 atom stereocenters. The number of nitrogens with one attached hydrogen (secondary N) is 1. The molecule has 2 aromatic rings. The van der Waals surface area contributed by atoms with Crippen LogP contribution in [0.2, 0.25) is 0 Å². The smallest absolute Gasteiger partial charge is 0.248 e. The van der Waals surface area contributed by atoms with Gasteiger partial charge in [0.1, 0.15) is 0 Å². The molecule has 2 rings (SSSR count). The summed E-state index contributed by atoms with van der Waals surface area (Å²) in [6, 6.07) is 15.8. The Hall–Kier alpha value is -1.87. The average molecular weight is 358 g/mol. The summed E-state index contributed by atoms with van der Waals surface area (Å²) in [6.45, 7) is 6.55. The lowest BCUT2D eigenvalue weighted by Crippen LogP contribution is -2.10. The summed E-state index contributed by atoms with van der Waals surface area (Å²) in [6.07, 6.45) is 3.37. The van der Waals surface area contributed by atoms with E-state index in [1.54, 1.807) is 6.08 Å². The predicted molar refractivity (Wildman–Crippen MR) is 96.9 cm³/mol. The summed E-state index contributed by atoms with van der Waals surface area (Å²) >= 11 is 3.41. The molecule has 0 radical (unpaired) electrons. The second kappa shape index (κ2) is 6.93. The second-order valence-corrected chi connectivity index (χ2v) is 7.03. The molecule has 0 heterocycles. The lowest BCUT2D eigenvalue weighted by molar-refractivity contribution is -0.111. The number of anilines is 1. The molecule has 2 nitrogen and oxygen atoms in total. The summed E-state index contributed by atoms with van der Waals surface area (Å²) in [5, 5.41) is 2.84. The SMILES string of the molecule is CC(C)(C)c1ccc(/C=C/C(=O)Nc2ccccc2Br)cc1. The van der Waals surface area contributed by atoms with Crippen LogP contribution in [0.4, 0.5) is 5.69 Å². The fourth-order valence-corrected chi connectivity index (χ4v) is 2.39. The lowest BCUT2D eigenvalue weighted by atomic mass is 9.87. The number of hydrogen-bond acceptors (Lipinski definition) is 1. The molecule has 22 heavy (non-hydrogen) atoms. The van der Waals surface area contributed by atoms with Crippen LogP contribution in [-0.2, 0) is 10.2 Å². The maximum absolute atomic E-state index is 11.9. The fourth-order valence-electron chi connectivity index (χ4n) is 2.00. The Kier molecular flexibility index (Phi) is 5.19. The molecule has 0 aliphatic rings. The maximum Gasteiger partial charge on any atom is 0.248 e. The van der Waals surface area contributed by atoms with Gasteiger partial charge in [0.25, 0.3) is 0 Å². The van der Waals surface area contributed by atoms with Crippen LogP contribution in [0.5, 0.6) is 0 Å². The van der Waals surface area contributed by atoms with Gasteiger partial charge < -0.3 is 5.32 Å². The van der Waals surface area contributed by atoms with Crippen molar-refractivity contribution < 1.29 is 4.79 Å². The Morgan fingerprint density at radius 3 is 2.27 bits per heavy atom. The van der Waals surface area contributed by atoms with Crippen LogP contribution in [0.3, 0.4) is 0 Å². The molecule has 0 aromatic heterocycles. The molecular weight excluding hydrogens is 338 g/mol. The van der Waals surface area contributed by atoms with E-state index in [4.69, 9.17) is 0 Å². The number of halogens is 1. The van der Waals surface area contributed by atoms with Gasteiger partial charge in [0.15, 0.2) is 0 Å². The van der Waals surface area contributed by atoms with Gasteiger partial charge in [0.05, 0.1) is 5.69 Å². The normalized spacial score (nSPS) is 11.6. The number of carbonyl (C=O) groups is 1. The summed E-state index contributed by atoms with van der Waals surface area (Å²) < 4.78 is 0.867. The largest absolute Gasteiger partial charge is 0.321 e. The van der Waals surface area contributed by atoms with Crippen molar-refractivity contribution in [2.24, 2.45) is 0 Å². The summed E-state index contributed by atoms with van der Waals surface area (Å²) in [7, 11) is 0.